The van der Waals surface area contributed by atoms with Crippen LogP contribution in [-0.2, 0) is 11.3 Å². The van der Waals surface area contributed by atoms with E-state index in [1.165, 1.54) is 18.2 Å². The standard InChI is InChI=1S/C19H15ClF3N3O2/c20-13-6-5-12-7-8-26(16(12)9-13)10-17(27)25-15-4-2-1-3-14(15)18(28)24-11-19(21,22)23/h1-9H,10-11H2,(H,24,28)(H,25,27). The minimum atomic E-state index is -4.52. The van der Waals surface area contributed by atoms with Crippen molar-refractivity contribution in [1.29, 1.82) is 0 Å². The molecule has 1 heterocycles. The summed E-state index contributed by atoms with van der Waals surface area (Å²) in [4.78, 5) is 24.5. The number of hydrogen-bond acceptors (Lipinski definition) is 2. The van der Waals surface area contributed by atoms with Crippen molar-refractivity contribution in [3.05, 3.63) is 65.3 Å². The lowest BCUT2D eigenvalue weighted by Crippen LogP contribution is -2.34. The molecule has 9 heteroatoms. The van der Waals surface area contributed by atoms with Gasteiger partial charge in [-0.15, -0.1) is 0 Å². The van der Waals surface area contributed by atoms with Gasteiger partial charge < -0.3 is 15.2 Å². The molecule has 3 rings (SSSR count). The lowest BCUT2D eigenvalue weighted by molar-refractivity contribution is -0.123. The highest BCUT2D eigenvalue weighted by molar-refractivity contribution is 6.31. The average Bonchev–Trinajstić information content (AvgIpc) is 3.01. The predicted molar refractivity (Wildman–Crippen MR) is 100 cm³/mol. The molecule has 0 saturated heterocycles. The Morgan fingerprint density at radius 1 is 1.07 bits per heavy atom. The van der Waals surface area contributed by atoms with Crippen LogP contribution in [-0.4, -0.2) is 29.1 Å². The zero-order chi connectivity index (χ0) is 20.3. The number of para-hydroxylation sites is 1. The predicted octanol–water partition coefficient (Wildman–Crippen LogP) is 4.23. The highest BCUT2D eigenvalue weighted by atomic mass is 35.5. The fourth-order valence-corrected chi connectivity index (χ4v) is 2.87. The third-order valence-corrected chi connectivity index (χ3v) is 4.18. The number of aromatic nitrogens is 1. The average molecular weight is 410 g/mol. The number of carbonyl (C=O) groups excluding carboxylic acids is 2. The Labute approximate surface area is 163 Å². The van der Waals surface area contributed by atoms with Gasteiger partial charge in [0.2, 0.25) is 5.91 Å². The van der Waals surface area contributed by atoms with E-state index in [4.69, 9.17) is 11.6 Å². The Kier molecular flexibility index (Phi) is 5.60. The number of hydrogen-bond donors (Lipinski definition) is 2. The van der Waals surface area contributed by atoms with E-state index < -0.39 is 24.5 Å². The van der Waals surface area contributed by atoms with E-state index in [-0.39, 0.29) is 17.8 Å². The summed E-state index contributed by atoms with van der Waals surface area (Å²) < 4.78 is 38.6. The summed E-state index contributed by atoms with van der Waals surface area (Å²) in [7, 11) is 0. The number of rotatable bonds is 5. The molecular formula is C19H15ClF3N3O2. The molecule has 0 fully saturated rings. The van der Waals surface area contributed by atoms with Gasteiger partial charge in [-0.3, -0.25) is 9.59 Å². The maximum Gasteiger partial charge on any atom is 0.405 e. The van der Waals surface area contributed by atoms with Crippen molar-refractivity contribution in [2.24, 2.45) is 0 Å². The first-order valence-electron chi connectivity index (χ1n) is 8.21. The lowest BCUT2D eigenvalue weighted by Gasteiger charge is -2.13. The Hall–Kier alpha value is -3.00. The van der Waals surface area contributed by atoms with Crippen LogP contribution in [0, 0.1) is 0 Å². The fourth-order valence-electron chi connectivity index (χ4n) is 2.71. The second-order valence-electron chi connectivity index (χ2n) is 6.04. The molecule has 0 aliphatic heterocycles. The molecule has 3 aromatic rings. The van der Waals surface area contributed by atoms with Gasteiger partial charge in [-0.05, 0) is 35.7 Å². The van der Waals surface area contributed by atoms with Gasteiger partial charge in [0.1, 0.15) is 13.1 Å². The molecule has 0 atom stereocenters. The van der Waals surface area contributed by atoms with Gasteiger partial charge in [0.05, 0.1) is 11.3 Å². The summed E-state index contributed by atoms with van der Waals surface area (Å²) >= 11 is 5.99. The van der Waals surface area contributed by atoms with Crippen molar-refractivity contribution < 1.29 is 22.8 Å². The van der Waals surface area contributed by atoms with Crippen molar-refractivity contribution >= 4 is 40.0 Å². The number of nitrogens with zero attached hydrogens (tertiary/aromatic N) is 1. The van der Waals surface area contributed by atoms with Crippen molar-refractivity contribution in [2.45, 2.75) is 12.7 Å². The van der Waals surface area contributed by atoms with Gasteiger partial charge in [-0.2, -0.15) is 13.2 Å². The molecule has 0 aliphatic carbocycles. The van der Waals surface area contributed by atoms with Crippen LogP contribution in [0.25, 0.3) is 10.9 Å². The van der Waals surface area contributed by atoms with Gasteiger partial charge >= 0.3 is 6.18 Å². The molecule has 0 saturated carbocycles. The first-order valence-corrected chi connectivity index (χ1v) is 8.59. The number of nitrogens with one attached hydrogen (secondary N) is 2. The van der Waals surface area contributed by atoms with Crippen LogP contribution >= 0.6 is 11.6 Å². The van der Waals surface area contributed by atoms with Crippen LogP contribution in [0.3, 0.4) is 0 Å². The third kappa shape index (κ3) is 4.83. The Bertz CT molecular complexity index is 1030. The molecule has 0 bridgehead atoms. The van der Waals surface area contributed by atoms with Crippen LogP contribution in [0.5, 0.6) is 0 Å². The van der Waals surface area contributed by atoms with Crippen molar-refractivity contribution in [1.82, 2.24) is 9.88 Å². The molecule has 28 heavy (non-hydrogen) atoms. The lowest BCUT2D eigenvalue weighted by atomic mass is 10.1. The molecule has 146 valence electrons. The van der Waals surface area contributed by atoms with Crippen LogP contribution in [0.4, 0.5) is 18.9 Å². The molecule has 0 unspecified atom stereocenters. The molecule has 2 N–H and O–H groups in total. The van der Waals surface area contributed by atoms with Gasteiger partial charge in [0.25, 0.3) is 5.91 Å². The Morgan fingerprint density at radius 3 is 2.57 bits per heavy atom. The molecule has 1 aromatic heterocycles. The number of benzene rings is 2. The highest BCUT2D eigenvalue weighted by Gasteiger charge is 2.28. The number of carbonyl (C=O) groups is 2. The molecule has 5 nitrogen and oxygen atoms in total. The number of anilines is 1. The first kappa shape index (κ1) is 19.8. The van der Waals surface area contributed by atoms with Gasteiger partial charge in [0.15, 0.2) is 0 Å². The minimum absolute atomic E-state index is 0.0532. The first-order chi connectivity index (χ1) is 13.2. The quantitative estimate of drug-likeness (QED) is 0.662. The molecule has 0 radical (unpaired) electrons. The summed E-state index contributed by atoms with van der Waals surface area (Å²) in [5.74, 6) is -1.36. The van der Waals surface area contributed by atoms with Gasteiger partial charge in [0, 0.05) is 16.7 Å². The van der Waals surface area contributed by atoms with Gasteiger partial charge in [-0.1, -0.05) is 29.8 Å². The van der Waals surface area contributed by atoms with Gasteiger partial charge in [-0.25, -0.2) is 0 Å². The van der Waals surface area contributed by atoms with Crippen molar-refractivity contribution in [2.75, 3.05) is 11.9 Å². The normalized spacial score (nSPS) is 11.4. The number of fused-ring (bicyclic) bond motifs is 1. The van der Waals surface area contributed by atoms with E-state index in [1.807, 2.05) is 12.1 Å². The molecular weight excluding hydrogens is 395 g/mol. The van der Waals surface area contributed by atoms with E-state index in [2.05, 4.69) is 5.32 Å². The second kappa shape index (κ2) is 7.93. The van der Waals surface area contributed by atoms with Crippen LogP contribution in [0.15, 0.2) is 54.7 Å². The maximum absolute atomic E-state index is 12.4. The smallest absolute Gasteiger partial charge is 0.343 e. The van der Waals surface area contributed by atoms with Crippen molar-refractivity contribution in [3.8, 4) is 0 Å². The maximum atomic E-state index is 12.4. The molecule has 2 aromatic carbocycles. The number of alkyl halides is 3. The van der Waals surface area contributed by atoms with Crippen LogP contribution in [0.2, 0.25) is 5.02 Å². The summed E-state index contributed by atoms with van der Waals surface area (Å²) in [6.45, 7) is -1.51. The summed E-state index contributed by atoms with van der Waals surface area (Å²) in [5.41, 5.74) is 0.834. The van der Waals surface area contributed by atoms with Crippen LogP contribution in [0.1, 0.15) is 10.4 Å². The summed E-state index contributed by atoms with van der Waals surface area (Å²) in [6.07, 6.45) is -2.80. The molecule has 2 amide bonds. The van der Waals surface area contributed by atoms with E-state index in [9.17, 15) is 22.8 Å². The fraction of sp³-hybridized carbons (Fsp3) is 0.158. The summed E-state index contributed by atoms with van der Waals surface area (Å²) in [6, 6.07) is 13.0. The Balaban J connectivity index is 1.73. The SMILES string of the molecule is O=C(Cn1ccc2ccc(Cl)cc21)Nc1ccccc1C(=O)NCC(F)(F)F. The molecule has 0 spiro atoms. The Morgan fingerprint density at radius 2 is 1.82 bits per heavy atom. The third-order valence-electron chi connectivity index (χ3n) is 3.95. The second-order valence-corrected chi connectivity index (χ2v) is 6.47. The zero-order valence-corrected chi connectivity index (χ0v) is 15.1. The number of amides is 2. The largest absolute Gasteiger partial charge is 0.405 e. The van der Waals surface area contributed by atoms with Crippen molar-refractivity contribution in [3.63, 3.8) is 0 Å². The monoisotopic (exact) mass is 409 g/mol. The highest BCUT2D eigenvalue weighted by Crippen LogP contribution is 2.21. The van der Waals surface area contributed by atoms with E-state index in [0.717, 1.165) is 10.9 Å². The minimum Gasteiger partial charge on any atom is -0.343 e. The zero-order valence-electron chi connectivity index (χ0n) is 14.4. The molecule has 0 aliphatic rings. The van der Waals surface area contributed by atoms with E-state index >= 15 is 0 Å². The van der Waals surface area contributed by atoms with E-state index in [1.54, 1.807) is 34.3 Å². The topological polar surface area (TPSA) is 63.1 Å². The van der Waals surface area contributed by atoms with E-state index in [0.29, 0.717) is 5.02 Å². The number of halogens is 4. The summed E-state index contributed by atoms with van der Waals surface area (Å²) in [5, 5.41) is 5.80. The van der Waals surface area contributed by atoms with Crippen LogP contribution < -0.4 is 10.6 Å².